The number of nitrogens with one attached hydrogen (secondary N) is 2. The van der Waals surface area contributed by atoms with Gasteiger partial charge in [0.05, 0.1) is 12.6 Å². The SMILES string of the molecule is CCCc1c(NC)ncnc1NC(CO)C(C)C. The Morgan fingerprint density at radius 1 is 1.28 bits per heavy atom. The van der Waals surface area contributed by atoms with Crippen LogP contribution in [0.3, 0.4) is 0 Å². The highest BCUT2D eigenvalue weighted by molar-refractivity contribution is 5.57. The molecule has 1 rings (SSSR count). The number of aromatic nitrogens is 2. The first-order chi connectivity index (χ1) is 8.63. The maximum atomic E-state index is 9.38. The van der Waals surface area contributed by atoms with Crippen molar-refractivity contribution in [2.75, 3.05) is 24.3 Å². The third-order valence-corrected chi connectivity index (χ3v) is 3.01. The van der Waals surface area contributed by atoms with Gasteiger partial charge >= 0.3 is 0 Å². The summed E-state index contributed by atoms with van der Waals surface area (Å²) in [4.78, 5) is 8.53. The van der Waals surface area contributed by atoms with E-state index in [1.165, 1.54) is 0 Å². The molecule has 0 aromatic carbocycles. The molecule has 1 heterocycles. The molecular weight excluding hydrogens is 228 g/mol. The second-order valence-corrected chi connectivity index (χ2v) is 4.73. The Kier molecular flexibility index (Phi) is 5.85. The first-order valence-electron chi connectivity index (χ1n) is 6.53. The van der Waals surface area contributed by atoms with Crippen molar-refractivity contribution in [3.05, 3.63) is 11.9 Å². The minimum Gasteiger partial charge on any atom is -0.394 e. The van der Waals surface area contributed by atoms with Crippen molar-refractivity contribution in [3.63, 3.8) is 0 Å². The third kappa shape index (κ3) is 3.57. The standard InChI is InChI=1S/C13H24N4O/c1-5-6-10-12(14-4)15-8-16-13(10)17-11(7-18)9(2)3/h8-9,11,18H,5-7H2,1-4H3,(H2,14,15,16,17). The molecular formula is C13H24N4O. The summed E-state index contributed by atoms with van der Waals surface area (Å²) in [5, 5.41) is 15.8. The summed E-state index contributed by atoms with van der Waals surface area (Å²) in [6, 6.07) is 0.0141. The minimum absolute atomic E-state index is 0.0141. The Balaban J connectivity index is 2.99. The van der Waals surface area contributed by atoms with Crippen molar-refractivity contribution in [1.29, 1.82) is 0 Å². The summed E-state index contributed by atoms with van der Waals surface area (Å²) >= 11 is 0. The highest BCUT2D eigenvalue weighted by Gasteiger charge is 2.16. The van der Waals surface area contributed by atoms with Crippen LogP contribution in [0.2, 0.25) is 0 Å². The van der Waals surface area contributed by atoms with Gasteiger partial charge in [-0.2, -0.15) is 0 Å². The Labute approximate surface area is 109 Å². The summed E-state index contributed by atoms with van der Waals surface area (Å²) < 4.78 is 0. The van der Waals surface area contributed by atoms with Crippen LogP contribution < -0.4 is 10.6 Å². The molecule has 18 heavy (non-hydrogen) atoms. The number of rotatable bonds is 7. The lowest BCUT2D eigenvalue weighted by Crippen LogP contribution is -2.30. The van der Waals surface area contributed by atoms with Crippen LogP contribution in [-0.2, 0) is 6.42 Å². The fraction of sp³-hybridized carbons (Fsp3) is 0.692. The topological polar surface area (TPSA) is 70.1 Å². The maximum Gasteiger partial charge on any atom is 0.135 e. The Morgan fingerprint density at radius 3 is 2.44 bits per heavy atom. The lowest BCUT2D eigenvalue weighted by atomic mass is 10.0. The summed E-state index contributed by atoms with van der Waals surface area (Å²) in [5.41, 5.74) is 1.08. The molecule has 0 amide bonds. The van der Waals surface area contributed by atoms with Crippen LogP contribution >= 0.6 is 0 Å². The Bertz CT molecular complexity index is 368. The molecule has 0 aliphatic heterocycles. The minimum atomic E-state index is 0.0141. The number of hydrogen-bond donors (Lipinski definition) is 3. The van der Waals surface area contributed by atoms with Gasteiger partial charge in [-0.15, -0.1) is 0 Å². The molecule has 0 fully saturated rings. The smallest absolute Gasteiger partial charge is 0.135 e. The Hall–Kier alpha value is -1.36. The zero-order valence-corrected chi connectivity index (χ0v) is 11.7. The molecule has 1 unspecified atom stereocenters. The Morgan fingerprint density at radius 2 is 1.94 bits per heavy atom. The van der Waals surface area contributed by atoms with Gasteiger partial charge in [0.15, 0.2) is 0 Å². The van der Waals surface area contributed by atoms with Gasteiger partial charge in [-0.25, -0.2) is 9.97 Å². The van der Waals surface area contributed by atoms with Crippen LogP contribution in [-0.4, -0.2) is 34.8 Å². The molecule has 102 valence electrons. The predicted molar refractivity (Wildman–Crippen MR) is 74.9 cm³/mol. The first-order valence-corrected chi connectivity index (χ1v) is 6.53. The van der Waals surface area contributed by atoms with Crippen LogP contribution in [0, 0.1) is 5.92 Å². The van der Waals surface area contributed by atoms with Crippen LogP contribution in [0.15, 0.2) is 6.33 Å². The van der Waals surface area contributed by atoms with Gasteiger partial charge in [0.25, 0.3) is 0 Å². The molecule has 0 spiro atoms. The first kappa shape index (κ1) is 14.7. The molecule has 5 nitrogen and oxygen atoms in total. The van der Waals surface area contributed by atoms with E-state index in [0.717, 1.165) is 30.0 Å². The maximum absolute atomic E-state index is 9.38. The monoisotopic (exact) mass is 252 g/mol. The normalized spacial score (nSPS) is 12.6. The van der Waals surface area contributed by atoms with E-state index in [-0.39, 0.29) is 12.6 Å². The van der Waals surface area contributed by atoms with Gasteiger partial charge in [-0.3, -0.25) is 0 Å². The summed E-state index contributed by atoms with van der Waals surface area (Å²) in [6.07, 6.45) is 3.49. The van der Waals surface area contributed by atoms with Crippen LogP contribution in [0.1, 0.15) is 32.8 Å². The van der Waals surface area contributed by atoms with Crippen molar-refractivity contribution in [2.24, 2.45) is 5.92 Å². The third-order valence-electron chi connectivity index (χ3n) is 3.01. The van der Waals surface area contributed by atoms with Gasteiger partial charge < -0.3 is 15.7 Å². The van der Waals surface area contributed by atoms with Crippen molar-refractivity contribution in [1.82, 2.24) is 9.97 Å². The predicted octanol–water partition coefficient (Wildman–Crippen LogP) is 1.90. The number of aliphatic hydroxyl groups is 1. The molecule has 0 aliphatic carbocycles. The van der Waals surface area contributed by atoms with Crippen molar-refractivity contribution in [3.8, 4) is 0 Å². The van der Waals surface area contributed by atoms with Crippen LogP contribution in [0.4, 0.5) is 11.6 Å². The average molecular weight is 252 g/mol. The van der Waals surface area contributed by atoms with Gasteiger partial charge in [0.1, 0.15) is 18.0 Å². The van der Waals surface area contributed by atoms with Gasteiger partial charge in [0, 0.05) is 12.6 Å². The summed E-state index contributed by atoms with van der Waals surface area (Å²) in [6.45, 7) is 6.38. The van der Waals surface area contributed by atoms with E-state index >= 15 is 0 Å². The molecule has 1 aromatic heterocycles. The number of anilines is 2. The zero-order valence-electron chi connectivity index (χ0n) is 11.7. The van der Waals surface area contributed by atoms with E-state index in [0.29, 0.717) is 5.92 Å². The van der Waals surface area contributed by atoms with Crippen molar-refractivity contribution < 1.29 is 5.11 Å². The van der Waals surface area contributed by atoms with E-state index in [2.05, 4.69) is 41.4 Å². The van der Waals surface area contributed by atoms with E-state index in [1.54, 1.807) is 6.33 Å². The lowest BCUT2D eigenvalue weighted by molar-refractivity contribution is 0.249. The second-order valence-electron chi connectivity index (χ2n) is 4.73. The number of nitrogens with zero attached hydrogens (tertiary/aromatic N) is 2. The van der Waals surface area contributed by atoms with E-state index in [9.17, 15) is 5.11 Å². The number of hydrogen-bond acceptors (Lipinski definition) is 5. The largest absolute Gasteiger partial charge is 0.394 e. The van der Waals surface area contributed by atoms with Gasteiger partial charge in [-0.05, 0) is 12.3 Å². The van der Waals surface area contributed by atoms with Crippen LogP contribution in [0.25, 0.3) is 0 Å². The molecule has 3 N–H and O–H groups in total. The van der Waals surface area contributed by atoms with E-state index in [4.69, 9.17) is 0 Å². The highest BCUT2D eigenvalue weighted by atomic mass is 16.3. The highest BCUT2D eigenvalue weighted by Crippen LogP contribution is 2.22. The number of aliphatic hydroxyl groups excluding tert-OH is 1. The molecule has 0 saturated carbocycles. The second kappa shape index (κ2) is 7.16. The van der Waals surface area contributed by atoms with E-state index in [1.807, 2.05) is 7.05 Å². The van der Waals surface area contributed by atoms with Crippen molar-refractivity contribution >= 4 is 11.6 Å². The van der Waals surface area contributed by atoms with Crippen LogP contribution in [0.5, 0.6) is 0 Å². The molecule has 0 bridgehead atoms. The molecule has 0 aliphatic rings. The summed E-state index contributed by atoms with van der Waals surface area (Å²) in [5.74, 6) is 2.02. The summed E-state index contributed by atoms with van der Waals surface area (Å²) in [7, 11) is 1.86. The van der Waals surface area contributed by atoms with Gasteiger partial charge in [-0.1, -0.05) is 27.2 Å². The average Bonchev–Trinajstić information content (AvgIpc) is 2.37. The molecule has 5 heteroatoms. The molecule has 0 radical (unpaired) electrons. The molecule has 1 atom stereocenters. The fourth-order valence-electron chi connectivity index (χ4n) is 1.84. The van der Waals surface area contributed by atoms with Crippen molar-refractivity contribution in [2.45, 2.75) is 39.7 Å². The lowest BCUT2D eigenvalue weighted by Gasteiger charge is -2.22. The molecule has 1 aromatic rings. The van der Waals surface area contributed by atoms with E-state index < -0.39 is 0 Å². The zero-order chi connectivity index (χ0) is 13.5. The quantitative estimate of drug-likeness (QED) is 0.691. The molecule has 0 saturated heterocycles. The van der Waals surface area contributed by atoms with Gasteiger partial charge in [0.2, 0.25) is 0 Å². The fourth-order valence-corrected chi connectivity index (χ4v) is 1.84.